The average molecular weight is 1250 g/mol. The number of rotatable bonds is 55. The van der Waals surface area contributed by atoms with E-state index in [1.54, 1.807) is 0 Å². The number of aliphatic hydroxyl groups is 11. The van der Waals surface area contributed by atoms with E-state index in [1.165, 1.54) is 199 Å². The molecule has 0 spiro atoms. The first-order chi connectivity index (χ1) is 42.3. The van der Waals surface area contributed by atoms with Gasteiger partial charge in [0.05, 0.1) is 38.6 Å². The Labute approximate surface area is 525 Å². The summed E-state index contributed by atoms with van der Waals surface area (Å²) in [5.74, 6) is -0.245. The summed E-state index contributed by atoms with van der Waals surface area (Å²) in [6.07, 6.45) is 30.0. The predicted octanol–water partition coefficient (Wildman–Crippen LogP) is 9.28. The highest BCUT2D eigenvalue weighted by molar-refractivity contribution is 5.76. The Morgan fingerprint density at radius 3 is 1.11 bits per heavy atom. The van der Waals surface area contributed by atoms with Gasteiger partial charge in [-0.05, 0) is 38.5 Å². The van der Waals surface area contributed by atoms with Gasteiger partial charge in [-0.1, -0.05) is 251 Å². The van der Waals surface area contributed by atoms with Crippen molar-refractivity contribution in [2.45, 2.75) is 388 Å². The van der Waals surface area contributed by atoms with E-state index in [4.69, 9.17) is 28.4 Å². The Balaban J connectivity index is 1.22. The zero-order chi connectivity index (χ0) is 63.3. The van der Waals surface area contributed by atoms with Gasteiger partial charge in [0.1, 0.15) is 73.2 Å². The summed E-state index contributed by atoms with van der Waals surface area (Å²) in [6, 6.07) is -0.879. The molecule has 3 rings (SSSR count). The van der Waals surface area contributed by atoms with Gasteiger partial charge in [-0.2, -0.15) is 0 Å². The molecule has 0 radical (unpaired) electrons. The lowest BCUT2D eigenvalue weighted by Crippen LogP contribution is -2.66. The molecule has 0 aromatic carbocycles. The van der Waals surface area contributed by atoms with Crippen LogP contribution in [0.25, 0.3) is 0 Å². The zero-order valence-electron chi connectivity index (χ0n) is 54.3. The number of allylic oxidation sites excluding steroid dienone is 2. The minimum atomic E-state index is -1.97. The lowest BCUT2D eigenvalue weighted by molar-refractivity contribution is -0.379. The smallest absolute Gasteiger partial charge is 0.220 e. The Hall–Kier alpha value is -1.47. The molecule has 1 amide bonds. The first-order valence-corrected chi connectivity index (χ1v) is 35.4. The molecule has 3 aliphatic rings. The van der Waals surface area contributed by atoms with Crippen LogP contribution in [0, 0.1) is 0 Å². The fraction of sp³-hybridized carbons (Fsp3) is 0.956. The molecule has 514 valence electrons. The topological polar surface area (TPSA) is 307 Å². The summed E-state index contributed by atoms with van der Waals surface area (Å²) in [5, 5.41) is 120. The Morgan fingerprint density at radius 1 is 0.402 bits per heavy atom. The molecular weight excluding hydrogens is 1120 g/mol. The van der Waals surface area contributed by atoms with Crippen molar-refractivity contribution in [2.24, 2.45) is 0 Å². The van der Waals surface area contributed by atoms with Crippen molar-refractivity contribution in [3.63, 3.8) is 0 Å². The van der Waals surface area contributed by atoms with Crippen LogP contribution in [-0.4, -0.2) is 193 Å². The fourth-order valence-electron chi connectivity index (χ4n) is 12.3. The molecule has 3 fully saturated rings. The Bertz CT molecular complexity index is 1630. The SMILES string of the molecule is CCCCCCCCCC/C=C\CCCCCCCCCCCCCCCCCCCCCCCCCCCC(=O)NC(COC1OC(CO)C(OC2OC(CO)C(OC3OC(CO)C(O)C(O)C3O)C(O)C2O)C(O)C1O)C(O)CCCCCCC. The molecule has 19 nitrogen and oxygen atoms in total. The normalized spacial score (nSPS) is 28.6. The molecule has 0 aromatic rings. The van der Waals surface area contributed by atoms with Gasteiger partial charge in [0.25, 0.3) is 0 Å². The second kappa shape index (κ2) is 51.0. The Morgan fingerprint density at radius 2 is 0.724 bits per heavy atom. The van der Waals surface area contributed by atoms with Crippen LogP contribution in [0.5, 0.6) is 0 Å². The van der Waals surface area contributed by atoms with Crippen LogP contribution in [0.4, 0.5) is 0 Å². The van der Waals surface area contributed by atoms with Crippen LogP contribution in [0.2, 0.25) is 0 Å². The fourth-order valence-corrected chi connectivity index (χ4v) is 12.3. The van der Waals surface area contributed by atoms with Crippen molar-refractivity contribution in [3.05, 3.63) is 12.2 Å². The van der Waals surface area contributed by atoms with Gasteiger partial charge in [0, 0.05) is 6.42 Å². The molecule has 3 heterocycles. The third-order valence-corrected chi connectivity index (χ3v) is 18.1. The third-order valence-electron chi connectivity index (χ3n) is 18.1. The first-order valence-electron chi connectivity index (χ1n) is 35.4. The van der Waals surface area contributed by atoms with Crippen LogP contribution in [0.1, 0.15) is 284 Å². The van der Waals surface area contributed by atoms with Crippen LogP contribution < -0.4 is 5.32 Å². The number of amides is 1. The minimum absolute atomic E-state index is 0.245. The average Bonchev–Trinajstić information content (AvgIpc) is 2.33. The van der Waals surface area contributed by atoms with Crippen molar-refractivity contribution in [1.82, 2.24) is 5.32 Å². The quantitative estimate of drug-likeness (QED) is 0.0199. The minimum Gasteiger partial charge on any atom is -0.394 e. The van der Waals surface area contributed by atoms with Crippen molar-refractivity contribution < 1.29 is 89.4 Å². The van der Waals surface area contributed by atoms with E-state index in [-0.39, 0.29) is 18.9 Å². The van der Waals surface area contributed by atoms with Crippen molar-refractivity contribution in [1.29, 1.82) is 0 Å². The van der Waals surface area contributed by atoms with Crippen LogP contribution in [-0.2, 0) is 33.2 Å². The number of carbonyl (C=O) groups is 1. The molecule has 17 atom stereocenters. The van der Waals surface area contributed by atoms with E-state index in [2.05, 4.69) is 31.3 Å². The highest BCUT2D eigenvalue weighted by Gasteiger charge is 2.53. The van der Waals surface area contributed by atoms with E-state index >= 15 is 0 Å². The maximum atomic E-state index is 13.3. The first kappa shape index (κ1) is 79.8. The monoisotopic (exact) mass is 1250 g/mol. The highest BCUT2D eigenvalue weighted by Crippen LogP contribution is 2.33. The van der Waals surface area contributed by atoms with Crippen LogP contribution in [0.3, 0.4) is 0 Å². The maximum Gasteiger partial charge on any atom is 0.220 e. The largest absolute Gasteiger partial charge is 0.394 e. The van der Waals surface area contributed by atoms with Gasteiger partial charge < -0.3 is 89.9 Å². The summed E-state index contributed by atoms with van der Waals surface area (Å²) in [7, 11) is 0. The standard InChI is InChI=1S/C68H129NO18/c1-3-5-7-9-10-11-12-13-14-15-16-17-18-19-20-21-22-23-24-25-26-27-28-29-30-31-32-33-34-35-36-37-38-39-40-42-44-46-56(74)69-51(52(73)45-43-41-8-6-4-2)50-82-66-62(80)59(77)64(54(48-71)84-66)87-68-63(81)60(78)65(55(49-72)85-68)86-67-61(79)58(76)57(75)53(47-70)83-67/h15-16,51-55,57-68,70-73,75-81H,3-14,17-50H2,1-2H3,(H,69,74)/b16-15-. The number of aliphatic hydroxyl groups excluding tert-OH is 11. The zero-order valence-corrected chi connectivity index (χ0v) is 54.3. The van der Waals surface area contributed by atoms with E-state index < -0.39 is 124 Å². The predicted molar refractivity (Wildman–Crippen MR) is 337 cm³/mol. The molecule has 0 aliphatic carbocycles. The number of nitrogens with one attached hydrogen (secondary N) is 1. The number of hydrogen-bond donors (Lipinski definition) is 12. The van der Waals surface area contributed by atoms with Gasteiger partial charge in [-0.3, -0.25) is 4.79 Å². The number of hydrogen-bond acceptors (Lipinski definition) is 18. The molecule has 0 aromatic heterocycles. The van der Waals surface area contributed by atoms with Crippen molar-refractivity contribution >= 4 is 5.91 Å². The van der Waals surface area contributed by atoms with Gasteiger partial charge >= 0.3 is 0 Å². The Kier molecular flexibility index (Phi) is 46.8. The number of ether oxygens (including phenoxy) is 6. The summed E-state index contributed by atoms with van der Waals surface area (Å²) >= 11 is 0. The van der Waals surface area contributed by atoms with Crippen LogP contribution in [0.15, 0.2) is 12.2 Å². The molecule has 0 saturated carbocycles. The van der Waals surface area contributed by atoms with Crippen molar-refractivity contribution in [2.75, 3.05) is 26.4 Å². The molecule has 17 unspecified atom stereocenters. The molecular formula is C68H129NO18. The van der Waals surface area contributed by atoms with Gasteiger partial charge in [0.2, 0.25) is 5.91 Å². The summed E-state index contributed by atoms with van der Waals surface area (Å²) in [5.41, 5.74) is 0. The second-order valence-corrected chi connectivity index (χ2v) is 25.7. The lowest BCUT2D eigenvalue weighted by Gasteiger charge is -2.48. The van der Waals surface area contributed by atoms with E-state index in [0.29, 0.717) is 12.8 Å². The molecule has 3 aliphatic heterocycles. The van der Waals surface area contributed by atoms with Gasteiger partial charge in [-0.25, -0.2) is 0 Å². The second-order valence-electron chi connectivity index (χ2n) is 25.7. The van der Waals surface area contributed by atoms with E-state index in [0.717, 1.165) is 51.4 Å². The van der Waals surface area contributed by atoms with Gasteiger partial charge in [0.15, 0.2) is 18.9 Å². The third kappa shape index (κ3) is 33.3. The molecule has 3 saturated heterocycles. The van der Waals surface area contributed by atoms with E-state index in [1.807, 2.05) is 0 Å². The summed E-state index contributed by atoms with van der Waals surface area (Å²) in [4.78, 5) is 13.3. The highest BCUT2D eigenvalue weighted by atomic mass is 16.8. The van der Waals surface area contributed by atoms with Crippen molar-refractivity contribution in [3.8, 4) is 0 Å². The lowest BCUT2D eigenvalue weighted by atomic mass is 9.96. The molecule has 19 heteroatoms. The number of carbonyl (C=O) groups excluding carboxylic acids is 1. The summed E-state index contributed by atoms with van der Waals surface area (Å²) < 4.78 is 34.2. The number of unbranched alkanes of at least 4 members (excludes halogenated alkanes) is 37. The molecule has 12 N–H and O–H groups in total. The van der Waals surface area contributed by atoms with E-state index in [9.17, 15) is 61.0 Å². The molecule has 87 heavy (non-hydrogen) atoms. The van der Waals surface area contributed by atoms with Crippen LogP contribution >= 0.6 is 0 Å². The molecule has 0 bridgehead atoms. The maximum absolute atomic E-state index is 13.3. The summed E-state index contributed by atoms with van der Waals surface area (Å²) in [6.45, 7) is 1.71. The van der Waals surface area contributed by atoms with Gasteiger partial charge in [-0.15, -0.1) is 0 Å².